The zero-order valence-corrected chi connectivity index (χ0v) is 20.0. The van der Waals surface area contributed by atoms with Gasteiger partial charge in [0.1, 0.15) is 5.75 Å². The number of ether oxygens (including phenoxy) is 1. The van der Waals surface area contributed by atoms with E-state index in [1.54, 1.807) is 18.2 Å². The van der Waals surface area contributed by atoms with Gasteiger partial charge in [-0.05, 0) is 44.0 Å². The van der Waals surface area contributed by atoms with Crippen LogP contribution in [0.15, 0.2) is 52.1 Å². The van der Waals surface area contributed by atoms with Gasteiger partial charge in [0.2, 0.25) is 5.95 Å². The lowest BCUT2D eigenvalue weighted by atomic mass is 10.1. The number of nitrogens with zero attached hydrogens (tertiary/aromatic N) is 3. The highest BCUT2D eigenvalue weighted by atomic mass is 35.5. The number of carboxylic acid groups (broad SMARTS) is 1. The van der Waals surface area contributed by atoms with Crippen molar-refractivity contribution >= 4 is 29.2 Å². The van der Waals surface area contributed by atoms with Crippen LogP contribution in [0.5, 0.6) is 5.75 Å². The maximum atomic E-state index is 13.2. The van der Waals surface area contributed by atoms with Gasteiger partial charge in [-0.15, -0.1) is 0 Å². The quantitative estimate of drug-likeness (QED) is 0.447. The number of aryl methyl sites for hydroxylation is 1. The third kappa shape index (κ3) is 6.26. The minimum atomic E-state index is -1.12. The van der Waals surface area contributed by atoms with Gasteiger partial charge in [-0.1, -0.05) is 48.4 Å². The van der Waals surface area contributed by atoms with E-state index in [1.165, 1.54) is 4.57 Å². The molecule has 3 aromatic rings. The Morgan fingerprint density at radius 3 is 2.50 bits per heavy atom. The smallest absolute Gasteiger partial charge is 0.354 e. The lowest BCUT2D eigenvalue weighted by molar-refractivity contribution is -0.137. The van der Waals surface area contributed by atoms with Gasteiger partial charge >= 0.3 is 17.3 Å². The second-order valence-electron chi connectivity index (χ2n) is 7.97. The van der Waals surface area contributed by atoms with Crippen LogP contribution in [0.3, 0.4) is 0 Å². The van der Waals surface area contributed by atoms with E-state index in [0.717, 1.165) is 22.1 Å². The fourth-order valence-electron chi connectivity index (χ4n) is 3.15. The molecule has 10 heteroatoms. The molecule has 0 aliphatic heterocycles. The van der Waals surface area contributed by atoms with Crippen molar-refractivity contribution in [3.8, 4) is 5.75 Å². The molecule has 3 rings (SSSR count). The lowest BCUT2D eigenvalue weighted by Crippen LogP contribution is -2.43. The predicted molar refractivity (Wildman–Crippen MR) is 130 cm³/mol. The molecule has 34 heavy (non-hydrogen) atoms. The Bertz CT molecular complexity index is 1280. The summed E-state index contributed by atoms with van der Waals surface area (Å²) in [6.07, 6.45) is 0.446. The molecule has 2 N–H and O–H groups in total. The number of carbonyl (C=O) groups is 1. The number of benzene rings is 2. The van der Waals surface area contributed by atoms with Gasteiger partial charge in [-0.3, -0.25) is 9.36 Å². The van der Waals surface area contributed by atoms with E-state index in [1.807, 2.05) is 45.0 Å². The standard InChI is InChI=1S/C24H27ClN4O5/c1-4-16(3)34-20-10-9-18(13-19(20)25)26-22-27-23(32)28(12-11-21(30)31)24(33)29(22)14-17-7-5-15(2)6-8-17/h5-10,13,16H,4,11-12,14H2,1-3H3,(H,30,31)(H,26,27,32)/t16-/m1/s1. The van der Waals surface area contributed by atoms with Gasteiger partial charge in [-0.25, -0.2) is 14.2 Å². The largest absolute Gasteiger partial charge is 0.489 e. The first-order valence-electron chi connectivity index (χ1n) is 10.9. The summed E-state index contributed by atoms with van der Waals surface area (Å²) < 4.78 is 7.90. The molecular formula is C24H27ClN4O5. The summed E-state index contributed by atoms with van der Waals surface area (Å²) in [6.45, 7) is 5.75. The second kappa shape index (κ2) is 11.0. The molecule has 0 saturated heterocycles. The highest BCUT2D eigenvalue weighted by molar-refractivity contribution is 6.32. The van der Waals surface area contributed by atoms with Crippen molar-refractivity contribution in [3.05, 3.63) is 79.6 Å². The van der Waals surface area contributed by atoms with Crippen molar-refractivity contribution < 1.29 is 14.6 Å². The summed E-state index contributed by atoms with van der Waals surface area (Å²) in [4.78, 5) is 40.7. The minimum absolute atomic E-state index is 0.00365. The van der Waals surface area contributed by atoms with Gasteiger partial charge in [0.25, 0.3) is 0 Å². The van der Waals surface area contributed by atoms with E-state index in [2.05, 4.69) is 10.3 Å². The van der Waals surface area contributed by atoms with Gasteiger partial charge in [-0.2, -0.15) is 4.98 Å². The average molecular weight is 487 g/mol. The van der Waals surface area contributed by atoms with Crippen molar-refractivity contribution in [1.82, 2.24) is 14.1 Å². The fraction of sp³-hybridized carbons (Fsp3) is 0.333. The Kier molecular flexibility index (Phi) is 8.12. The van der Waals surface area contributed by atoms with E-state index in [4.69, 9.17) is 21.4 Å². The molecule has 1 aromatic heterocycles. The molecule has 0 radical (unpaired) electrons. The number of carboxylic acids is 1. The molecule has 0 fully saturated rings. The third-order valence-electron chi connectivity index (χ3n) is 5.25. The zero-order valence-electron chi connectivity index (χ0n) is 19.2. The van der Waals surface area contributed by atoms with Crippen molar-refractivity contribution in [2.45, 2.75) is 52.8 Å². The molecule has 0 bridgehead atoms. The van der Waals surface area contributed by atoms with Crippen LogP contribution in [0.4, 0.5) is 11.6 Å². The SMILES string of the molecule is CC[C@@H](C)Oc1ccc(Nc2nc(=O)n(CCC(=O)O)c(=O)n2Cc2ccc(C)cc2)cc1Cl. The number of nitrogens with one attached hydrogen (secondary N) is 1. The van der Waals surface area contributed by atoms with Gasteiger partial charge in [0.15, 0.2) is 0 Å². The Labute approximate surface area is 201 Å². The first kappa shape index (κ1) is 25.0. The number of anilines is 2. The molecule has 9 nitrogen and oxygen atoms in total. The topological polar surface area (TPSA) is 115 Å². The first-order chi connectivity index (χ1) is 16.2. The molecule has 0 aliphatic carbocycles. The van der Waals surface area contributed by atoms with E-state index >= 15 is 0 Å². The first-order valence-corrected chi connectivity index (χ1v) is 11.3. The summed E-state index contributed by atoms with van der Waals surface area (Å²) in [6, 6.07) is 12.6. The molecular weight excluding hydrogens is 460 g/mol. The van der Waals surface area contributed by atoms with Crippen LogP contribution in [0, 0.1) is 6.92 Å². The summed E-state index contributed by atoms with van der Waals surface area (Å²) >= 11 is 6.36. The predicted octanol–water partition coefficient (Wildman–Crippen LogP) is 3.81. The zero-order chi connectivity index (χ0) is 24.8. The van der Waals surface area contributed by atoms with E-state index in [0.29, 0.717) is 16.5 Å². The van der Waals surface area contributed by atoms with Crippen molar-refractivity contribution in [3.63, 3.8) is 0 Å². The van der Waals surface area contributed by atoms with E-state index in [9.17, 15) is 14.4 Å². The number of hydrogen-bond acceptors (Lipinski definition) is 6. The van der Waals surface area contributed by atoms with Crippen LogP contribution in [0.2, 0.25) is 5.02 Å². The second-order valence-corrected chi connectivity index (χ2v) is 8.38. The highest BCUT2D eigenvalue weighted by Gasteiger charge is 2.16. The highest BCUT2D eigenvalue weighted by Crippen LogP contribution is 2.29. The number of hydrogen-bond donors (Lipinski definition) is 2. The Hall–Kier alpha value is -3.59. The molecule has 0 amide bonds. The van der Waals surface area contributed by atoms with Gasteiger partial charge < -0.3 is 15.2 Å². The number of halogens is 1. The molecule has 180 valence electrons. The summed E-state index contributed by atoms with van der Waals surface area (Å²) in [5.41, 5.74) is 0.891. The van der Waals surface area contributed by atoms with Gasteiger partial charge in [0, 0.05) is 12.2 Å². The van der Waals surface area contributed by atoms with Gasteiger partial charge in [0.05, 0.1) is 24.1 Å². The molecule has 0 saturated carbocycles. The average Bonchev–Trinajstić information content (AvgIpc) is 2.79. The Balaban J connectivity index is 2.00. The van der Waals surface area contributed by atoms with Crippen LogP contribution in [-0.2, 0) is 17.9 Å². The maximum Gasteiger partial charge on any atom is 0.354 e. The molecule has 0 unspecified atom stereocenters. The van der Waals surface area contributed by atoms with Crippen LogP contribution in [-0.4, -0.2) is 31.3 Å². The Morgan fingerprint density at radius 2 is 1.88 bits per heavy atom. The van der Waals surface area contributed by atoms with E-state index < -0.39 is 17.3 Å². The molecule has 1 atom stereocenters. The number of aromatic nitrogens is 3. The normalized spacial score (nSPS) is 11.8. The molecule has 2 aromatic carbocycles. The lowest BCUT2D eigenvalue weighted by Gasteiger charge is -2.17. The fourth-order valence-corrected chi connectivity index (χ4v) is 3.37. The van der Waals surface area contributed by atoms with Crippen LogP contribution in [0.25, 0.3) is 0 Å². The monoisotopic (exact) mass is 486 g/mol. The van der Waals surface area contributed by atoms with Crippen molar-refractivity contribution in [1.29, 1.82) is 0 Å². The molecule has 1 heterocycles. The van der Waals surface area contributed by atoms with Crippen LogP contribution < -0.4 is 21.4 Å². The van der Waals surface area contributed by atoms with Crippen LogP contribution in [0.1, 0.15) is 37.8 Å². The van der Waals surface area contributed by atoms with Crippen molar-refractivity contribution in [2.24, 2.45) is 0 Å². The number of aliphatic carboxylic acids is 1. The molecule has 0 spiro atoms. The minimum Gasteiger partial charge on any atom is -0.489 e. The summed E-state index contributed by atoms with van der Waals surface area (Å²) in [7, 11) is 0. The van der Waals surface area contributed by atoms with Crippen molar-refractivity contribution in [2.75, 3.05) is 5.32 Å². The summed E-state index contributed by atoms with van der Waals surface area (Å²) in [5.74, 6) is -0.572. The number of rotatable bonds is 10. The van der Waals surface area contributed by atoms with E-state index in [-0.39, 0.29) is 31.6 Å². The molecule has 0 aliphatic rings. The Morgan fingerprint density at radius 1 is 1.18 bits per heavy atom. The van der Waals surface area contributed by atoms with Crippen LogP contribution >= 0.6 is 11.6 Å². The third-order valence-corrected chi connectivity index (χ3v) is 5.55. The summed E-state index contributed by atoms with van der Waals surface area (Å²) in [5, 5.41) is 12.3. The maximum absolute atomic E-state index is 13.2.